The number of benzene rings is 1. The maximum atomic E-state index is 12.1. The molecule has 0 aliphatic carbocycles. The van der Waals surface area contributed by atoms with Gasteiger partial charge in [0.05, 0.1) is 6.04 Å². The first-order valence-corrected chi connectivity index (χ1v) is 8.71. The third-order valence-electron chi connectivity index (χ3n) is 3.85. The van der Waals surface area contributed by atoms with Crippen LogP contribution >= 0.6 is 15.9 Å². The Labute approximate surface area is 153 Å². The molecule has 1 aromatic carbocycles. The summed E-state index contributed by atoms with van der Waals surface area (Å²) in [7, 11) is 0. The van der Waals surface area contributed by atoms with Gasteiger partial charge in [-0.3, -0.25) is 14.0 Å². The van der Waals surface area contributed by atoms with Gasteiger partial charge in [-0.05, 0) is 31.2 Å². The average molecular weight is 401 g/mol. The number of hydrogen-bond donors (Lipinski definition) is 1. The number of hydrogen-bond acceptors (Lipinski definition) is 4. The summed E-state index contributed by atoms with van der Waals surface area (Å²) >= 11 is 3.33. The number of aromatic nitrogens is 3. The summed E-state index contributed by atoms with van der Waals surface area (Å²) in [6, 6.07) is 12.4. The van der Waals surface area contributed by atoms with E-state index in [0.29, 0.717) is 11.4 Å². The molecule has 2 aromatic heterocycles. The lowest BCUT2D eigenvalue weighted by Gasteiger charge is -2.12. The molecule has 0 saturated carbocycles. The average Bonchev–Trinajstić information content (AvgIpc) is 3.04. The number of ketones is 1. The predicted octanol–water partition coefficient (Wildman–Crippen LogP) is 3.33. The molecule has 25 heavy (non-hydrogen) atoms. The molecule has 2 heterocycles. The number of rotatable bonds is 6. The Morgan fingerprint density at radius 1 is 1.12 bits per heavy atom. The van der Waals surface area contributed by atoms with Crippen molar-refractivity contribution in [2.45, 2.75) is 25.8 Å². The van der Waals surface area contributed by atoms with E-state index in [4.69, 9.17) is 0 Å². The van der Waals surface area contributed by atoms with Crippen molar-refractivity contribution in [2.75, 3.05) is 0 Å². The molecule has 6 nitrogen and oxygen atoms in total. The molecule has 0 aliphatic rings. The molecule has 1 unspecified atom stereocenters. The SMILES string of the molecule is CC(NC(=O)CCC(=O)c1ccc(Br)cc1)c1nnc2ccccn12. The summed E-state index contributed by atoms with van der Waals surface area (Å²) in [5.41, 5.74) is 1.33. The lowest BCUT2D eigenvalue weighted by Crippen LogP contribution is -2.28. The molecule has 0 fully saturated rings. The van der Waals surface area contributed by atoms with Crippen molar-refractivity contribution >= 4 is 33.3 Å². The third-order valence-corrected chi connectivity index (χ3v) is 4.38. The van der Waals surface area contributed by atoms with Gasteiger partial charge in [-0.1, -0.05) is 34.1 Å². The summed E-state index contributed by atoms with van der Waals surface area (Å²) in [4.78, 5) is 24.3. The Balaban J connectivity index is 1.57. The number of fused-ring (bicyclic) bond motifs is 1. The van der Waals surface area contributed by atoms with Gasteiger partial charge >= 0.3 is 0 Å². The van der Waals surface area contributed by atoms with E-state index in [0.717, 1.165) is 10.1 Å². The number of pyridine rings is 1. The summed E-state index contributed by atoms with van der Waals surface area (Å²) < 4.78 is 2.74. The van der Waals surface area contributed by atoms with Gasteiger partial charge in [0.2, 0.25) is 5.91 Å². The monoisotopic (exact) mass is 400 g/mol. The molecule has 0 saturated heterocycles. The van der Waals surface area contributed by atoms with E-state index in [9.17, 15) is 9.59 Å². The van der Waals surface area contributed by atoms with Crippen LogP contribution in [0.15, 0.2) is 53.1 Å². The first-order valence-electron chi connectivity index (χ1n) is 7.92. The molecule has 128 valence electrons. The smallest absolute Gasteiger partial charge is 0.221 e. The molecule has 0 radical (unpaired) electrons. The van der Waals surface area contributed by atoms with Crippen molar-refractivity contribution in [3.63, 3.8) is 0 Å². The van der Waals surface area contributed by atoms with Crippen LogP contribution in [0.2, 0.25) is 0 Å². The molecule has 3 rings (SSSR count). The minimum absolute atomic E-state index is 0.0526. The summed E-state index contributed by atoms with van der Waals surface area (Å²) in [5.74, 6) is 0.414. The largest absolute Gasteiger partial charge is 0.346 e. The zero-order valence-corrected chi connectivity index (χ0v) is 15.2. The predicted molar refractivity (Wildman–Crippen MR) is 97.3 cm³/mol. The number of carbonyl (C=O) groups excluding carboxylic acids is 2. The van der Waals surface area contributed by atoms with Crippen LogP contribution in [-0.4, -0.2) is 26.3 Å². The van der Waals surface area contributed by atoms with Crippen LogP contribution < -0.4 is 5.32 Å². The van der Waals surface area contributed by atoms with Gasteiger partial charge in [0.15, 0.2) is 17.3 Å². The summed E-state index contributed by atoms with van der Waals surface area (Å²) in [5, 5.41) is 11.1. The van der Waals surface area contributed by atoms with Crippen LogP contribution in [-0.2, 0) is 4.79 Å². The van der Waals surface area contributed by atoms with E-state index in [2.05, 4.69) is 31.4 Å². The van der Waals surface area contributed by atoms with Crippen molar-refractivity contribution in [1.29, 1.82) is 0 Å². The van der Waals surface area contributed by atoms with Gasteiger partial charge in [0.25, 0.3) is 0 Å². The molecule has 7 heteroatoms. The Hall–Kier alpha value is -2.54. The van der Waals surface area contributed by atoms with Gasteiger partial charge < -0.3 is 5.32 Å². The molecular formula is C18H17BrN4O2. The summed E-state index contributed by atoms with van der Waals surface area (Å²) in [6.07, 6.45) is 2.15. The van der Waals surface area contributed by atoms with Crippen LogP contribution in [0.3, 0.4) is 0 Å². The topological polar surface area (TPSA) is 76.4 Å². The van der Waals surface area contributed by atoms with Gasteiger partial charge in [0.1, 0.15) is 0 Å². The van der Waals surface area contributed by atoms with Crippen LogP contribution in [0.1, 0.15) is 42.0 Å². The Bertz CT molecular complexity index is 905. The Morgan fingerprint density at radius 2 is 1.88 bits per heavy atom. The highest BCUT2D eigenvalue weighted by Gasteiger charge is 2.16. The van der Waals surface area contributed by atoms with Crippen molar-refractivity contribution in [3.8, 4) is 0 Å². The number of Topliss-reactive ketones (excluding diaryl/α,β-unsaturated/α-hetero) is 1. The van der Waals surface area contributed by atoms with E-state index in [-0.39, 0.29) is 30.6 Å². The van der Waals surface area contributed by atoms with E-state index >= 15 is 0 Å². The molecule has 1 atom stereocenters. The zero-order chi connectivity index (χ0) is 17.8. The fraction of sp³-hybridized carbons (Fsp3) is 0.222. The van der Waals surface area contributed by atoms with Gasteiger partial charge in [-0.15, -0.1) is 10.2 Å². The number of nitrogens with one attached hydrogen (secondary N) is 1. The maximum Gasteiger partial charge on any atom is 0.221 e. The number of halogens is 1. The van der Waals surface area contributed by atoms with Crippen molar-refractivity contribution < 1.29 is 9.59 Å². The first-order chi connectivity index (χ1) is 12.0. The van der Waals surface area contributed by atoms with Crippen molar-refractivity contribution in [1.82, 2.24) is 19.9 Å². The third kappa shape index (κ3) is 4.11. The van der Waals surface area contributed by atoms with Gasteiger partial charge in [-0.25, -0.2) is 0 Å². The second-order valence-electron chi connectivity index (χ2n) is 5.71. The van der Waals surface area contributed by atoms with E-state index < -0.39 is 0 Å². The Morgan fingerprint density at radius 3 is 2.64 bits per heavy atom. The second-order valence-corrected chi connectivity index (χ2v) is 6.62. The summed E-state index contributed by atoms with van der Waals surface area (Å²) in [6.45, 7) is 1.85. The minimum Gasteiger partial charge on any atom is -0.346 e. The highest BCUT2D eigenvalue weighted by molar-refractivity contribution is 9.10. The number of carbonyl (C=O) groups is 2. The quantitative estimate of drug-likeness (QED) is 0.643. The van der Waals surface area contributed by atoms with E-state index in [1.807, 2.05) is 47.9 Å². The lowest BCUT2D eigenvalue weighted by molar-refractivity contribution is -0.121. The Kier molecular flexibility index (Phi) is 5.23. The molecule has 1 N–H and O–H groups in total. The molecular weight excluding hydrogens is 384 g/mol. The van der Waals surface area contributed by atoms with Crippen LogP contribution in [0, 0.1) is 0 Å². The maximum absolute atomic E-state index is 12.1. The minimum atomic E-state index is -0.298. The molecule has 1 amide bonds. The molecule has 0 bridgehead atoms. The number of amides is 1. The van der Waals surface area contributed by atoms with E-state index in [1.165, 1.54) is 0 Å². The fourth-order valence-electron chi connectivity index (χ4n) is 2.54. The number of nitrogens with zero attached hydrogens (tertiary/aromatic N) is 3. The highest BCUT2D eigenvalue weighted by Crippen LogP contribution is 2.14. The zero-order valence-electron chi connectivity index (χ0n) is 13.6. The fourth-order valence-corrected chi connectivity index (χ4v) is 2.80. The standard InChI is InChI=1S/C18H17BrN4O2/c1-12(18-22-21-16-4-2-3-11-23(16)18)20-17(25)10-9-15(24)13-5-7-14(19)8-6-13/h2-8,11-12H,9-10H2,1H3,(H,20,25). The van der Waals surface area contributed by atoms with Crippen molar-refractivity contribution in [3.05, 3.63) is 64.5 Å². The van der Waals surface area contributed by atoms with Crippen LogP contribution in [0.25, 0.3) is 5.65 Å². The van der Waals surface area contributed by atoms with Gasteiger partial charge in [0, 0.05) is 29.1 Å². The highest BCUT2D eigenvalue weighted by atomic mass is 79.9. The molecule has 0 spiro atoms. The van der Waals surface area contributed by atoms with E-state index in [1.54, 1.807) is 12.1 Å². The second kappa shape index (κ2) is 7.57. The molecule has 3 aromatic rings. The van der Waals surface area contributed by atoms with Crippen LogP contribution in [0.5, 0.6) is 0 Å². The van der Waals surface area contributed by atoms with Crippen molar-refractivity contribution in [2.24, 2.45) is 0 Å². The van der Waals surface area contributed by atoms with Gasteiger partial charge in [-0.2, -0.15) is 0 Å². The molecule has 0 aliphatic heterocycles. The normalized spacial score (nSPS) is 12.1. The van der Waals surface area contributed by atoms with Crippen LogP contribution in [0.4, 0.5) is 0 Å². The lowest BCUT2D eigenvalue weighted by atomic mass is 10.1. The first kappa shape index (κ1) is 17.3.